The van der Waals surface area contributed by atoms with Gasteiger partial charge in [-0.15, -0.1) is 0 Å². The second-order valence-corrected chi connectivity index (χ2v) is 10.7. The van der Waals surface area contributed by atoms with Crippen LogP contribution in [-0.2, 0) is 33.3 Å². The lowest BCUT2D eigenvalue weighted by atomic mass is 10.2. The van der Waals surface area contributed by atoms with Crippen molar-refractivity contribution in [1.29, 1.82) is 0 Å². The first-order valence-electron chi connectivity index (χ1n) is 8.88. The summed E-state index contributed by atoms with van der Waals surface area (Å²) in [7, 11) is -6.81. The van der Waals surface area contributed by atoms with Crippen molar-refractivity contribution in [3.05, 3.63) is 47.8 Å². The summed E-state index contributed by atoms with van der Waals surface area (Å²) in [6.45, 7) is -0.900. The smallest absolute Gasteiger partial charge is 0.364 e. The lowest BCUT2D eigenvalue weighted by molar-refractivity contribution is -0.137. The van der Waals surface area contributed by atoms with Gasteiger partial charge in [0.1, 0.15) is 10.6 Å². The van der Waals surface area contributed by atoms with Crippen molar-refractivity contribution >= 4 is 26.0 Å². The van der Waals surface area contributed by atoms with E-state index in [2.05, 4.69) is 0 Å². The number of alkyl halides is 3. The molecule has 0 radical (unpaired) electrons. The van der Waals surface area contributed by atoms with Gasteiger partial charge in [-0.25, -0.2) is 16.8 Å². The number of nitrogens with two attached hydrogens (primary N) is 1. The first-order valence-corrected chi connectivity index (χ1v) is 11.8. The Balaban J connectivity index is 1.79. The molecule has 2 heterocycles. The zero-order valence-electron chi connectivity index (χ0n) is 16.2. The van der Waals surface area contributed by atoms with E-state index in [1.54, 1.807) is 0 Å². The number of carbonyl (C=O) groups is 1. The molecule has 0 spiro atoms. The molecule has 2 N–H and O–H groups in total. The zero-order chi connectivity index (χ0) is 23.2. The number of aryl methyl sites for hydroxylation is 1. The summed E-state index contributed by atoms with van der Waals surface area (Å²) in [5.41, 5.74) is 4.09. The summed E-state index contributed by atoms with van der Waals surface area (Å²) in [5, 5.41) is 0. The number of primary amides is 1. The molecule has 1 aromatic carbocycles. The fourth-order valence-electron chi connectivity index (χ4n) is 3.20. The van der Waals surface area contributed by atoms with E-state index in [-0.39, 0.29) is 36.8 Å². The summed E-state index contributed by atoms with van der Waals surface area (Å²) in [6, 6.07) is 4.51. The highest BCUT2D eigenvalue weighted by Crippen LogP contribution is 2.31. The average Bonchev–Trinajstić information content (AvgIpc) is 3.10. The summed E-state index contributed by atoms with van der Waals surface area (Å²) < 4.78 is 93.1. The monoisotopic (exact) mass is 480 g/mol. The number of amides is 1. The fourth-order valence-corrected chi connectivity index (χ4v) is 6.16. The molecule has 1 aliphatic rings. The van der Waals surface area contributed by atoms with Crippen LogP contribution in [0.2, 0.25) is 0 Å². The molecule has 9 nitrogen and oxygen atoms in total. The van der Waals surface area contributed by atoms with E-state index >= 15 is 0 Å². The number of hydrogen-bond acceptors (Lipinski definition) is 5. The summed E-state index contributed by atoms with van der Waals surface area (Å²) >= 11 is 0. The van der Waals surface area contributed by atoms with Crippen LogP contribution in [0.5, 0.6) is 0 Å². The first kappa shape index (κ1) is 23.2. The van der Waals surface area contributed by atoms with Crippen LogP contribution in [0, 0.1) is 0 Å². The number of rotatable bonds is 5. The minimum atomic E-state index is -4.70. The van der Waals surface area contributed by atoms with E-state index < -0.39 is 42.6 Å². The number of benzene rings is 1. The van der Waals surface area contributed by atoms with Crippen LogP contribution in [0.1, 0.15) is 16.1 Å². The van der Waals surface area contributed by atoms with Crippen molar-refractivity contribution < 1.29 is 34.8 Å². The molecule has 0 bridgehead atoms. The van der Waals surface area contributed by atoms with Crippen molar-refractivity contribution in [1.82, 2.24) is 13.2 Å². The predicted molar refractivity (Wildman–Crippen MR) is 103 cm³/mol. The van der Waals surface area contributed by atoms with Gasteiger partial charge in [0.05, 0.1) is 10.5 Å². The van der Waals surface area contributed by atoms with E-state index in [0.717, 1.165) is 32.9 Å². The molecule has 0 unspecified atom stereocenters. The Hall–Kier alpha value is -2.42. The van der Waals surface area contributed by atoms with Crippen molar-refractivity contribution in [3.63, 3.8) is 0 Å². The van der Waals surface area contributed by atoms with Crippen LogP contribution in [0.4, 0.5) is 13.2 Å². The molecular formula is C17H19F3N4O5S2. The van der Waals surface area contributed by atoms with E-state index in [1.807, 2.05) is 0 Å². The van der Waals surface area contributed by atoms with Crippen molar-refractivity contribution in [2.24, 2.45) is 12.8 Å². The quantitative estimate of drug-likeness (QED) is 0.680. The Morgan fingerprint density at radius 3 is 1.90 bits per heavy atom. The summed E-state index contributed by atoms with van der Waals surface area (Å²) in [6.07, 6.45) is -3.47. The molecule has 2 aromatic rings. The number of aromatic nitrogens is 1. The molecule has 31 heavy (non-hydrogen) atoms. The van der Waals surface area contributed by atoms with E-state index in [0.29, 0.717) is 6.07 Å². The Kier molecular flexibility index (Phi) is 5.94. The van der Waals surface area contributed by atoms with Gasteiger partial charge in [0.15, 0.2) is 0 Å². The Morgan fingerprint density at radius 2 is 1.45 bits per heavy atom. The van der Waals surface area contributed by atoms with Crippen LogP contribution in [0.25, 0.3) is 0 Å². The van der Waals surface area contributed by atoms with Crippen LogP contribution >= 0.6 is 0 Å². The molecule has 1 aliphatic heterocycles. The average molecular weight is 480 g/mol. The number of nitrogens with zero attached hydrogens (tertiary/aromatic N) is 3. The van der Waals surface area contributed by atoms with Gasteiger partial charge in [0.25, 0.3) is 5.91 Å². The second-order valence-electron chi connectivity index (χ2n) is 6.87. The van der Waals surface area contributed by atoms with E-state index in [4.69, 9.17) is 5.73 Å². The molecule has 1 amide bonds. The Bertz CT molecular complexity index is 1210. The SMILES string of the molecule is Cn1cc(S(=O)(=O)N2CCN(S(=O)(=O)c3cccc(C(F)(F)F)c3)CC2)cc1C(N)=O. The van der Waals surface area contributed by atoms with Crippen molar-refractivity contribution in [2.75, 3.05) is 26.2 Å². The van der Waals surface area contributed by atoms with Crippen LogP contribution < -0.4 is 5.73 Å². The molecule has 1 saturated heterocycles. The Morgan fingerprint density at radius 1 is 0.935 bits per heavy atom. The second kappa shape index (κ2) is 7.93. The number of carbonyl (C=O) groups excluding carboxylic acids is 1. The molecule has 0 saturated carbocycles. The molecule has 14 heteroatoms. The molecule has 1 aromatic heterocycles. The molecule has 0 aliphatic carbocycles. The topological polar surface area (TPSA) is 123 Å². The van der Waals surface area contributed by atoms with Gasteiger partial charge in [-0.1, -0.05) is 6.07 Å². The van der Waals surface area contributed by atoms with Gasteiger partial charge < -0.3 is 10.3 Å². The third kappa shape index (κ3) is 4.46. The maximum Gasteiger partial charge on any atom is 0.416 e. The zero-order valence-corrected chi connectivity index (χ0v) is 17.8. The van der Waals surface area contributed by atoms with Gasteiger partial charge in [-0.05, 0) is 24.3 Å². The minimum Gasteiger partial charge on any atom is -0.364 e. The van der Waals surface area contributed by atoms with Gasteiger partial charge in [0.2, 0.25) is 20.0 Å². The molecule has 170 valence electrons. The molecule has 1 fully saturated rings. The highest BCUT2D eigenvalue weighted by molar-refractivity contribution is 7.89. The highest BCUT2D eigenvalue weighted by Gasteiger charge is 2.36. The first-order chi connectivity index (χ1) is 14.2. The van der Waals surface area contributed by atoms with Crippen LogP contribution in [-0.4, -0.2) is 62.1 Å². The van der Waals surface area contributed by atoms with Crippen LogP contribution in [0.15, 0.2) is 46.3 Å². The normalized spacial score (nSPS) is 17.0. The van der Waals surface area contributed by atoms with Crippen molar-refractivity contribution in [3.8, 4) is 0 Å². The third-order valence-corrected chi connectivity index (χ3v) is 8.63. The number of piperazine rings is 1. The summed E-state index contributed by atoms with van der Waals surface area (Å²) in [5.74, 6) is -0.805. The molecule has 0 atom stereocenters. The molecular weight excluding hydrogens is 461 g/mol. The molecule has 3 rings (SSSR count). The maximum absolute atomic E-state index is 12.9. The highest BCUT2D eigenvalue weighted by atomic mass is 32.2. The van der Waals surface area contributed by atoms with Crippen molar-refractivity contribution in [2.45, 2.75) is 16.0 Å². The number of halogens is 3. The lowest BCUT2D eigenvalue weighted by Gasteiger charge is -2.33. The Labute approximate surface area is 176 Å². The third-order valence-electron chi connectivity index (χ3n) is 4.87. The van der Waals surface area contributed by atoms with Gasteiger partial charge in [-0.2, -0.15) is 21.8 Å². The number of sulfonamides is 2. The largest absolute Gasteiger partial charge is 0.416 e. The standard InChI is InChI=1S/C17H19F3N4O5S2/c1-22-11-14(10-15(22)16(21)25)31(28,29)24-7-5-23(6-8-24)30(26,27)13-4-2-3-12(9-13)17(18,19)20/h2-4,9-11H,5-8H2,1H3,(H2,21,25). The lowest BCUT2D eigenvalue weighted by Crippen LogP contribution is -2.50. The van der Waals surface area contributed by atoms with Gasteiger partial charge in [-0.3, -0.25) is 4.79 Å². The summed E-state index contributed by atoms with van der Waals surface area (Å²) in [4.78, 5) is 10.7. The fraction of sp³-hybridized carbons (Fsp3) is 0.353. The predicted octanol–water partition coefficient (Wildman–Crippen LogP) is 0.838. The van der Waals surface area contributed by atoms with E-state index in [9.17, 15) is 34.8 Å². The van der Waals surface area contributed by atoms with Gasteiger partial charge >= 0.3 is 6.18 Å². The van der Waals surface area contributed by atoms with Gasteiger partial charge in [0, 0.05) is 39.4 Å². The maximum atomic E-state index is 12.9. The minimum absolute atomic E-state index is 0.00987. The van der Waals surface area contributed by atoms with Crippen LogP contribution in [0.3, 0.4) is 0 Å². The van der Waals surface area contributed by atoms with E-state index in [1.165, 1.54) is 17.8 Å². The number of hydrogen-bond donors (Lipinski definition) is 1.